The third kappa shape index (κ3) is 1.95. The highest BCUT2D eigenvalue weighted by atomic mass is 16.5. The monoisotopic (exact) mass is 125 g/mol. The largest absolute Gasteiger partial charge is 0.378 e. The van der Waals surface area contributed by atoms with Gasteiger partial charge >= 0.3 is 0 Å². The van der Waals surface area contributed by atoms with Crippen molar-refractivity contribution in [1.82, 2.24) is 4.90 Å². The summed E-state index contributed by atoms with van der Waals surface area (Å²) in [6, 6.07) is 2.99. The molecule has 0 aliphatic carbocycles. The normalized spacial score (nSPS) is 18.6. The lowest BCUT2D eigenvalue weighted by atomic mass is 10.4. The summed E-state index contributed by atoms with van der Waals surface area (Å²) in [6.45, 7) is 5.43. The quantitative estimate of drug-likeness (QED) is 0.432. The van der Waals surface area contributed by atoms with Crippen molar-refractivity contribution in [2.24, 2.45) is 0 Å². The van der Waals surface area contributed by atoms with E-state index in [1.54, 1.807) is 0 Å². The molecule has 2 heteroatoms. The Morgan fingerprint density at radius 1 is 1.33 bits per heavy atom. The Morgan fingerprint density at radius 3 is 2.56 bits per heavy atom. The van der Waals surface area contributed by atoms with Gasteiger partial charge in [0.1, 0.15) is 0 Å². The molecule has 0 spiro atoms. The zero-order valence-electron chi connectivity index (χ0n) is 5.68. The maximum Gasteiger partial charge on any atom is 0.0649 e. The van der Waals surface area contributed by atoms with E-state index >= 15 is 0 Å². The molecule has 0 amide bonds. The molecule has 1 rings (SSSR count). The first-order valence-corrected chi connectivity index (χ1v) is 3.18. The fourth-order valence-corrected chi connectivity index (χ4v) is 0.833. The van der Waals surface area contributed by atoms with Crippen molar-refractivity contribution in [2.75, 3.05) is 26.3 Å². The fraction of sp³-hybridized carbons (Fsp3) is 0.714. The number of hydrogen-bond donors (Lipinski definition) is 0. The van der Waals surface area contributed by atoms with E-state index in [2.05, 4.69) is 16.9 Å². The molecule has 1 aliphatic rings. The summed E-state index contributed by atoms with van der Waals surface area (Å²) in [5.74, 6) is 2.86. The Labute approximate surface area is 55.8 Å². The summed E-state index contributed by atoms with van der Waals surface area (Å²) in [5.41, 5.74) is 0. The average Bonchev–Trinajstić information content (AvgIpc) is 1.91. The molecule has 2 nitrogen and oxygen atoms in total. The summed E-state index contributed by atoms with van der Waals surface area (Å²) in [4.78, 5) is 2.09. The Bertz CT molecular complexity index is 128. The van der Waals surface area contributed by atoms with Gasteiger partial charge in [-0.3, -0.25) is 0 Å². The van der Waals surface area contributed by atoms with Gasteiger partial charge in [-0.15, -0.1) is 0 Å². The third-order valence-corrected chi connectivity index (χ3v) is 1.28. The van der Waals surface area contributed by atoms with Crippen LogP contribution in [0.4, 0.5) is 0 Å². The van der Waals surface area contributed by atoms with Gasteiger partial charge in [-0.1, -0.05) is 5.92 Å². The molecular weight excluding hydrogens is 114 g/mol. The van der Waals surface area contributed by atoms with Crippen LogP contribution in [0, 0.1) is 12.0 Å². The van der Waals surface area contributed by atoms with Gasteiger partial charge in [0.15, 0.2) is 0 Å². The molecule has 1 fully saturated rings. The van der Waals surface area contributed by atoms with Crippen LogP contribution < -0.4 is 0 Å². The lowest BCUT2D eigenvalue weighted by Crippen LogP contribution is -2.32. The smallest absolute Gasteiger partial charge is 0.0649 e. The van der Waals surface area contributed by atoms with E-state index in [1.165, 1.54) is 0 Å². The van der Waals surface area contributed by atoms with Crippen molar-refractivity contribution >= 4 is 0 Å². The van der Waals surface area contributed by atoms with Crippen LogP contribution >= 0.6 is 0 Å². The summed E-state index contributed by atoms with van der Waals surface area (Å²) in [6.07, 6.45) is 0. The van der Waals surface area contributed by atoms with Crippen molar-refractivity contribution in [3.8, 4) is 12.0 Å². The second-order valence-corrected chi connectivity index (χ2v) is 1.96. The van der Waals surface area contributed by atoms with E-state index < -0.39 is 0 Å². The van der Waals surface area contributed by atoms with Crippen LogP contribution in [-0.4, -0.2) is 31.2 Å². The van der Waals surface area contributed by atoms with Gasteiger partial charge in [0, 0.05) is 19.1 Å². The van der Waals surface area contributed by atoms with Crippen LogP contribution in [-0.2, 0) is 4.74 Å². The van der Waals surface area contributed by atoms with Crippen molar-refractivity contribution < 1.29 is 4.74 Å². The van der Waals surface area contributed by atoms with E-state index in [1.807, 2.05) is 6.92 Å². The molecule has 0 aromatic carbocycles. The van der Waals surface area contributed by atoms with E-state index in [9.17, 15) is 0 Å². The second-order valence-electron chi connectivity index (χ2n) is 1.96. The third-order valence-electron chi connectivity index (χ3n) is 1.28. The Morgan fingerprint density at radius 2 is 2.00 bits per heavy atom. The molecule has 0 unspecified atom stereocenters. The molecule has 0 aromatic heterocycles. The van der Waals surface area contributed by atoms with E-state index in [-0.39, 0.29) is 0 Å². The molecular formula is C7H11NO. The van der Waals surface area contributed by atoms with E-state index in [0.29, 0.717) is 0 Å². The van der Waals surface area contributed by atoms with Crippen LogP contribution in [0.1, 0.15) is 6.92 Å². The molecule has 0 saturated carbocycles. The predicted octanol–water partition coefficient (Wildman–Crippen LogP) is 0.299. The topological polar surface area (TPSA) is 12.5 Å². The van der Waals surface area contributed by atoms with Crippen molar-refractivity contribution in [3.63, 3.8) is 0 Å². The maximum atomic E-state index is 5.14. The van der Waals surface area contributed by atoms with Gasteiger partial charge in [-0.2, -0.15) is 0 Å². The lowest BCUT2D eigenvalue weighted by molar-refractivity contribution is 0.0638. The zero-order valence-corrected chi connectivity index (χ0v) is 5.68. The first-order chi connectivity index (χ1) is 4.43. The minimum Gasteiger partial charge on any atom is -0.378 e. The predicted molar refractivity (Wildman–Crippen MR) is 35.8 cm³/mol. The molecule has 1 heterocycles. The van der Waals surface area contributed by atoms with Gasteiger partial charge in [0.05, 0.1) is 13.2 Å². The highest BCUT2D eigenvalue weighted by Gasteiger charge is 2.04. The highest BCUT2D eigenvalue weighted by molar-refractivity contribution is 4.95. The maximum absolute atomic E-state index is 5.14. The molecule has 0 aromatic rings. The van der Waals surface area contributed by atoms with Gasteiger partial charge in [-0.05, 0) is 6.92 Å². The summed E-state index contributed by atoms with van der Waals surface area (Å²) < 4.78 is 5.14. The van der Waals surface area contributed by atoms with Gasteiger partial charge in [0.2, 0.25) is 0 Å². The lowest BCUT2D eigenvalue weighted by Gasteiger charge is -2.22. The van der Waals surface area contributed by atoms with Crippen LogP contribution in [0.25, 0.3) is 0 Å². The van der Waals surface area contributed by atoms with Crippen LogP contribution in [0.5, 0.6) is 0 Å². The zero-order chi connectivity index (χ0) is 6.53. The number of hydrogen-bond acceptors (Lipinski definition) is 2. The van der Waals surface area contributed by atoms with Gasteiger partial charge in [-0.25, -0.2) is 0 Å². The Balaban J connectivity index is 2.28. The first kappa shape index (κ1) is 6.44. The van der Waals surface area contributed by atoms with Crippen LogP contribution in [0.15, 0.2) is 0 Å². The average molecular weight is 125 g/mol. The second kappa shape index (κ2) is 3.37. The molecule has 0 atom stereocenters. The summed E-state index contributed by atoms with van der Waals surface area (Å²) in [5, 5.41) is 0. The molecule has 0 bridgehead atoms. The molecule has 50 valence electrons. The minimum absolute atomic E-state index is 0.828. The van der Waals surface area contributed by atoms with Gasteiger partial charge < -0.3 is 9.64 Å². The highest BCUT2D eigenvalue weighted by Crippen LogP contribution is 1.92. The van der Waals surface area contributed by atoms with E-state index in [4.69, 9.17) is 4.74 Å². The molecule has 0 radical (unpaired) electrons. The molecule has 9 heavy (non-hydrogen) atoms. The number of ether oxygens (including phenoxy) is 1. The standard InChI is InChI=1S/C7H11NO/c1-2-3-8-4-6-9-7-5-8/h4-7H2,1H3. The van der Waals surface area contributed by atoms with Crippen molar-refractivity contribution in [3.05, 3.63) is 0 Å². The van der Waals surface area contributed by atoms with Crippen LogP contribution in [0.2, 0.25) is 0 Å². The molecule has 0 N–H and O–H groups in total. The SMILES string of the molecule is CC#CN1CCOCC1. The van der Waals surface area contributed by atoms with Gasteiger partial charge in [0.25, 0.3) is 0 Å². The molecule has 1 aliphatic heterocycles. The Hall–Kier alpha value is -0.680. The fourth-order valence-electron chi connectivity index (χ4n) is 0.833. The molecule has 1 saturated heterocycles. The summed E-state index contributed by atoms with van der Waals surface area (Å²) >= 11 is 0. The number of morpholine rings is 1. The number of rotatable bonds is 0. The van der Waals surface area contributed by atoms with Crippen molar-refractivity contribution in [1.29, 1.82) is 0 Å². The summed E-state index contributed by atoms with van der Waals surface area (Å²) in [7, 11) is 0. The first-order valence-electron chi connectivity index (χ1n) is 3.18. The Kier molecular flexibility index (Phi) is 2.41. The van der Waals surface area contributed by atoms with E-state index in [0.717, 1.165) is 26.3 Å². The van der Waals surface area contributed by atoms with Crippen molar-refractivity contribution in [2.45, 2.75) is 6.92 Å². The van der Waals surface area contributed by atoms with Crippen LogP contribution in [0.3, 0.4) is 0 Å². The number of nitrogens with zero attached hydrogens (tertiary/aromatic N) is 1. The minimum atomic E-state index is 0.828.